The monoisotopic (exact) mass is 529 g/mol. The van der Waals surface area contributed by atoms with Crippen LogP contribution in [0.25, 0.3) is 11.3 Å². The Kier molecular flexibility index (Phi) is 7.33. The summed E-state index contributed by atoms with van der Waals surface area (Å²) in [6.07, 6.45) is 1.24. The van der Waals surface area contributed by atoms with Gasteiger partial charge >= 0.3 is 23.5 Å². The van der Waals surface area contributed by atoms with Gasteiger partial charge in [0.1, 0.15) is 41.0 Å². The number of carbonyl (C=O) groups is 3. The highest BCUT2D eigenvalue weighted by Crippen LogP contribution is 2.54. The molecule has 0 saturated heterocycles. The van der Waals surface area contributed by atoms with Crippen LogP contribution in [0.4, 0.5) is 0 Å². The van der Waals surface area contributed by atoms with Gasteiger partial charge in [0.05, 0.1) is 6.10 Å². The second-order valence-corrected chi connectivity index (χ2v) is 10.2. The van der Waals surface area contributed by atoms with E-state index in [4.69, 9.17) is 23.4 Å². The van der Waals surface area contributed by atoms with Crippen LogP contribution in [-0.4, -0.2) is 51.9 Å². The van der Waals surface area contributed by atoms with Crippen molar-refractivity contribution in [2.45, 2.75) is 70.9 Å². The van der Waals surface area contributed by atoms with Gasteiger partial charge in [-0.1, -0.05) is 0 Å². The molecule has 38 heavy (non-hydrogen) atoms. The number of esters is 3. The number of carbonyl (C=O) groups excluding carboxylic acids is 3. The van der Waals surface area contributed by atoms with Gasteiger partial charge in [0, 0.05) is 56.6 Å². The highest BCUT2D eigenvalue weighted by atomic mass is 16.6. The molecule has 1 aliphatic heterocycles. The average Bonchev–Trinajstić information content (AvgIpc) is 2.83. The van der Waals surface area contributed by atoms with Crippen molar-refractivity contribution in [2.75, 3.05) is 6.61 Å². The van der Waals surface area contributed by atoms with E-state index < -0.39 is 58.8 Å². The lowest BCUT2D eigenvalue weighted by atomic mass is 9.62. The molecule has 1 unspecified atom stereocenters. The summed E-state index contributed by atoms with van der Waals surface area (Å²) in [5.74, 6) is -2.70. The van der Waals surface area contributed by atoms with Crippen molar-refractivity contribution in [3.63, 3.8) is 0 Å². The minimum atomic E-state index is -1.35. The minimum Gasteiger partial charge on any atom is -0.482 e. The number of pyridine rings is 1. The molecule has 3 heterocycles. The van der Waals surface area contributed by atoms with Crippen LogP contribution in [0, 0.1) is 11.8 Å². The molecule has 4 rings (SSSR count). The predicted octanol–water partition coefficient (Wildman–Crippen LogP) is 2.73. The highest BCUT2D eigenvalue weighted by molar-refractivity contribution is 5.68. The smallest absolute Gasteiger partial charge is 0.345 e. The third-order valence-electron chi connectivity index (χ3n) is 7.43. The molecule has 11 nitrogen and oxygen atoms in total. The van der Waals surface area contributed by atoms with E-state index in [1.54, 1.807) is 32.2 Å². The van der Waals surface area contributed by atoms with E-state index in [-0.39, 0.29) is 36.5 Å². The van der Waals surface area contributed by atoms with Crippen molar-refractivity contribution in [1.29, 1.82) is 0 Å². The maximum Gasteiger partial charge on any atom is 0.345 e. The number of hydrogen-bond acceptors (Lipinski definition) is 11. The normalized spacial score (nSPS) is 27.5. The Hall–Kier alpha value is -3.73. The molecule has 0 radical (unpaired) electrons. The summed E-state index contributed by atoms with van der Waals surface area (Å²) in [6.45, 7) is 6.82. The van der Waals surface area contributed by atoms with Gasteiger partial charge in [-0.25, -0.2) is 4.79 Å². The Labute approximate surface area is 219 Å². The van der Waals surface area contributed by atoms with Gasteiger partial charge in [-0.05, 0) is 38.8 Å². The second kappa shape index (κ2) is 10.2. The number of rotatable bonds is 6. The minimum absolute atomic E-state index is 0.0588. The van der Waals surface area contributed by atoms with E-state index >= 15 is 0 Å². The Balaban J connectivity index is 1.78. The van der Waals surface area contributed by atoms with E-state index in [2.05, 4.69) is 4.98 Å². The zero-order chi connectivity index (χ0) is 27.8. The van der Waals surface area contributed by atoms with Crippen LogP contribution >= 0.6 is 0 Å². The van der Waals surface area contributed by atoms with Crippen LogP contribution in [0.1, 0.15) is 59.1 Å². The molecule has 1 N–H and O–H groups in total. The fourth-order valence-electron chi connectivity index (χ4n) is 5.54. The van der Waals surface area contributed by atoms with Crippen LogP contribution < -0.4 is 10.4 Å². The number of aliphatic hydroxyl groups is 1. The first kappa shape index (κ1) is 27.3. The van der Waals surface area contributed by atoms with Gasteiger partial charge in [0.15, 0.2) is 0 Å². The molecule has 1 saturated carbocycles. The quantitative estimate of drug-likeness (QED) is 0.434. The maximum atomic E-state index is 13.1. The summed E-state index contributed by atoms with van der Waals surface area (Å²) < 4.78 is 28.4. The van der Waals surface area contributed by atoms with Gasteiger partial charge in [-0.2, -0.15) is 0 Å². The zero-order valence-corrected chi connectivity index (χ0v) is 21.9. The molecule has 6 atom stereocenters. The van der Waals surface area contributed by atoms with Gasteiger partial charge in [0.2, 0.25) is 0 Å². The van der Waals surface area contributed by atoms with Crippen LogP contribution in [0.3, 0.4) is 0 Å². The lowest BCUT2D eigenvalue weighted by Gasteiger charge is -2.54. The molecule has 2 aromatic heterocycles. The summed E-state index contributed by atoms with van der Waals surface area (Å²) in [5, 5.41) is 11.5. The van der Waals surface area contributed by atoms with Crippen LogP contribution in [0.2, 0.25) is 0 Å². The lowest BCUT2D eigenvalue weighted by Crippen LogP contribution is -2.63. The van der Waals surface area contributed by atoms with Crippen molar-refractivity contribution in [1.82, 2.24) is 4.98 Å². The van der Waals surface area contributed by atoms with Crippen LogP contribution in [-0.2, 0) is 28.6 Å². The number of aliphatic hydroxyl groups excluding tert-OH is 1. The SMILES string of the molecule is CC(=O)OCC(C)(OC(C)=O)[C@H]1C[C@@H](OC(C)=O)[C@]2(C)Oc3cc(-c4cccnc4)oc(=O)c3[C@@H](O)[C@@H]2C1. The third-order valence-corrected chi connectivity index (χ3v) is 7.43. The van der Waals surface area contributed by atoms with Crippen molar-refractivity contribution in [3.05, 3.63) is 46.6 Å². The van der Waals surface area contributed by atoms with Gasteiger partial charge < -0.3 is 28.5 Å². The molecule has 0 aromatic carbocycles. The van der Waals surface area contributed by atoms with E-state index in [9.17, 15) is 24.3 Å². The first-order chi connectivity index (χ1) is 17.8. The summed E-state index contributed by atoms with van der Waals surface area (Å²) >= 11 is 0. The fourth-order valence-corrected chi connectivity index (χ4v) is 5.54. The molecule has 1 fully saturated rings. The van der Waals surface area contributed by atoms with Crippen molar-refractivity contribution < 1.29 is 42.9 Å². The predicted molar refractivity (Wildman–Crippen MR) is 131 cm³/mol. The van der Waals surface area contributed by atoms with Crippen molar-refractivity contribution in [2.24, 2.45) is 11.8 Å². The highest BCUT2D eigenvalue weighted by Gasteiger charge is 2.60. The van der Waals surface area contributed by atoms with Crippen LogP contribution in [0.15, 0.2) is 39.8 Å². The molecule has 1 aliphatic carbocycles. The first-order valence-corrected chi connectivity index (χ1v) is 12.3. The number of fused-ring (bicyclic) bond motifs is 2. The second-order valence-electron chi connectivity index (χ2n) is 10.2. The fraction of sp³-hybridized carbons (Fsp3) is 0.519. The zero-order valence-electron chi connectivity index (χ0n) is 21.9. The van der Waals surface area contributed by atoms with Crippen LogP contribution in [0.5, 0.6) is 5.75 Å². The van der Waals surface area contributed by atoms with E-state index in [1.165, 1.54) is 33.0 Å². The number of nitrogens with zero attached hydrogens (tertiary/aromatic N) is 1. The summed E-state index contributed by atoms with van der Waals surface area (Å²) in [6, 6.07) is 4.92. The molecule has 0 bridgehead atoms. The molecule has 2 aromatic rings. The summed E-state index contributed by atoms with van der Waals surface area (Å²) in [5.41, 5.74) is -2.83. The molecule has 0 spiro atoms. The Bertz CT molecular complexity index is 1290. The molecule has 11 heteroatoms. The number of aromatic nitrogens is 1. The van der Waals surface area contributed by atoms with Crippen molar-refractivity contribution in [3.8, 4) is 17.1 Å². The summed E-state index contributed by atoms with van der Waals surface area (Å²) in [4.78, 5) is 52.8. The van der Waals surface area contributed by atoms with E-state index in [1.807, 2.05) is 0 Å². The van der Waals surface area contributed by atoms with Gasteiger partial charge in [0.25, 0.3) is 0 Å². The topological polar surface area (TPSA) is 151 Å². The van der Waals surface area contributed by atoms with Crippen molar-refractivity contribution >= 4 is 17.9 Å². The van der Waals surface area contributed by atoms with Gasteiger partial charge in [-0.3, -0.25) is 19.4 Å². The Morgan fingerprint density at radius 1 is 1.18 bits per heavy atom. The molecule has 0 amide bonds. The summed E-state index contributed by atoms with van der Waals surface area (Å²) in [7, 11) is 0. The largest absolute Gasteiger partial charge is 0.482 e. The first-order valence-electron chi connectivity index (χ1n) is 12.3. The number of hydrogen-bond donors (Lipinski definition) is 1. The number of ether oxygens (including phenoxy) is 4. The third kappa shape index (κ3) is 5.15. The molecular weight excluding hydrogens is 498 g/mol. The molecular formula is C27H31NO10. The average molecular weight is 530 g/mol. The Morgan fingerprint density at radius 3 is 2.53 bits per heavy atom. The van der Waals surface area contributed by atoms with E-state index in [0.717, 1.165) is 0 Å². The van der Waals surface area contributed by atoms with Gasteiger partial charge in [-0.15, -0.1) is 0 Å². The lowest BCUT2D eigenvalue weighted by molar-refractivity contribution is -0.215. The molecule has 204 valence electrons. The maximum absolute atomic E-state index is 13.1. The Morgan fingerprint density at radius 2 is 1.92 bits per heavy atom. The van der Waals surface area contributed by atoms with E-state index in [0.29, 0.717) is 5.56 Å². The molecule has 2 aliphatic rings. The standard InChI is InChI=1S/C27H31NO10/c1-14(29)34-13-26(4,37-16(3)31)18-9-19-24(32)23-21(38-27(19,5)22(10-18)35-15(2)30)11-20(36-25(23)33)17-7-6-8-28-12-17/h6-8,11-12,18-19,22,24,32H,9-10,13H2,1-5H3/t18-,19+,22-,24+,26?,27-/m1/s1.